The van der Waals surface area contributed by atoms with Gasteiger partial charge in [-0.2, -0.15) is 0 Å². The first-order chi connectivity index (χ1) is 4.63. The SMILES string of the molecule is COC(=O)/C(C=N)=C(/C)O. The molecule has 10 heavy (non-hydrogen) atoms. The molecule has 0 saturated carbocycles. The van der Waals surface area contributed by atoms with E-state index in [-0.39, 0.29) is 11.3 Å². The Balaban J connectivity index is 4.53. The topological polar surface area (TPSA) is 70.4 Å². The number of hydrogen-bond donors (Lipinski definition) is 2. The van der Waals surface area contributed by atoms with E-state index in [9.17, 15) is 4.79 Å². The van der Waals surface area contributed by atoms with Crippen molar-refractivity contribution in [1.82, 2.24) is 0 Å². The van der Waals surface area contributed by atoms with E-state index in [1.54, 1.807) is 0 Å². The zero-order valence-corrected chi connectivity index (χ0v) is 5.84. The van der Waals surface area contributed by atoms with Crippen molar-refractivity contribution in [3.05, 3.63) is 11.3 Å². The highest BCUT2D eigenvalue weighted by atomic mass is 16.5. The number of aliphatic hydroxyl groups excluding tert-OH is 1. The van der Waals surface area contributed by atoms with E-state index in [4.69, 9.17) is 10.5 Å². The second kappa shape index (κ2) is 3.66. The molecule has 0 aliphatic carbocycles. The number of carbonyl (C=O) groups is 1. The standard InChI is InChI=1S/C6H9NO3/c1-4(8)5(3-7)6(9)10-2/h3,7-8H,1-2H3/b5-4-,7-3?. The van der Waals surface area contributed by atoms with Crippen LogP contribution in [-0.2, 0) is 9.53 Å². The van der Waals surface area contributed by atoms with Gasteiger partial charge in [-0.15, -0.1) is 0 Å². The minimum atomic E-state index is -0.699. The van der Waals surface area contributed by atoms with Crippen LogP contribution < -0.4 is 0 Å². The number of hydrogen-bond acceptors (Lipinski definition) is 4. The number of aliphatic hydroxyl groups is 1. The Morgan fingerprint density at radius 3 is 2.30 bits per heavy atom. The minimum Gasteiger partial charge on any atom is -0.512 e. The summed E-state index contributed by atoms with van der Waals surface area (Å²) in [5.74, 6) is -0.906. The summed E-state index contributed by atoms with van der Waals surface area (Å²) in [6, 6.07) is 0. The molecule has 4 nitrogen and oxygen atoms in total. The van der Waals surface area contributed by atoms with Crippen molar-refractivity contribution < 1.29 is 14.6 Å². The molecule has 0 saturated heterocycles. The summed E-state index contributed by atoms with van der Waals surface area (Å²) in [6.45, 7) is 1.32. The molecule has 0 aliphatic heterocycles. The second-order valence-corrected chi connectivity index (χ2v) is 1.64. The Labute approximate surface area is 58.6 Å². The van der Waals surface area contributed by atoms with E-state index in [1.165, 1.54) is 14.0 Å². The van der Waals surface area contributed by atoms with Crippen molar-refractivity contribution in [2.24, 2.45) is 0 Å². The molecule has 0 aromatic rings. The molecule has 0 radical (unpaired) electrons. The lowest BCUT2D eigenvalue weighted by Crippen LogP contribution is -2.07. The van der Waals surface area contributed by atoms with Crippen LogP contribution in [0.1, 0.15) is 6.92 Å². The molecule has 0 atom stereocenters. The number of ether oxygens (including phenoxy) is 1. The smallest absolute Gasteiger partial charge is 0.342 e. The predicted molar refractivity (Wildman–Crippen MR) is 36.1 cm³/mol. The average Bonchev–Trinajstić information content (AvgIpc) is 1.88. The van der Waals surface area contributed by atoms with Gasteiger partial charge in [0, 0.05) is 6.21 Å². The summed E-state index contributed by atoms with van der Waals surface area (Å²) in [7, 11) is 1.19. The van der Waals surface area contributed by atoms with Crippen LogP contribution in [0.25, 0.3) is 0 Å². The third-order valence-electron chi connectivity index (χ3n) is 0.939. The number of esters is 1. The fourth-order valence-electron chi connectivity index (χ4n) is 0.421. The molecule has 0 rings (SSSR count). The molecular weight excluding hydrogens is 134 g/mol. The largest absolute Gasteiger partial charge is 0.512 e. The van der Waals surface area contributed by atoms with Crippen LogP contribution in [0.5, 0.6) is 0 Å². The van der Waals surface area contributed by atoms with Crippen molar-refractivity contribution in [3.8, 4) is 0 Å². The summed E-state index contributed by atoms with van der Waals surface area (Å²) in [6.07, 6.45) is 0.751. The van der Waals surface area contributed by atoms with E-state index in [1.807, 2.05) is 0 Å². The summed E-state index contributed by atoms with van der Waals surface area (Å²) >= 11 is 0. The van der Waals surface area contributed by atoms with Gasteiger partial charge in [-0.05, 0) is 6.92 Å². The van der Waals surface area contributed by atoms with Crippen LogP contribution in [0.15, 0.2) is 11.3 Å². The van der Waals surface area contributed by atoms with Crippen LogP contribution in [0.4, 0.5) is 0 Å². The highest BCUT2D eigenvalue weighted by Crippen LogP contribution is 1.98. The first kappa shape index (κ1) is 8.68. The average molecular weight is 143 g/mol. The Hall–Kier alpha value is -1.32. The molecule has 0 aromatic heterocycles. The summed E-state index contributed by atoms with van der Waals surface area (Å²) in [5, 5.41) is 15.4. The summed E-state index contributed by atoms with van der Waals surface area (Å²) < 4.78 is 4.26. The van der Waals surface area contributed by atoms with E-state index in [0.717, 1.165) is 6.21 Å². The zero-order chi connectivity index (χ0) is 8.15. The molecule has 0 bridgehead atoms. The third-order valence-corrected chi connectivity index (χ3v) is 0.939. The monoisotopic (exact) mass is 143 g/mol. The van der Waals surface area contributed by atoms with Gasteiger partial charge >= 0.3 is 5.97 Å². The van der Waals surface area contributed by atoms with E-state index in [0.29, 0.717) is 0 Å². The minimum absolute atomic E-state index is 0.123. The summed E-state index contributed by atoms with van der Waals surface area (Å²) in [4.78, 5) is 10.6. The number of allylic oxidation sites excluding steroid dienone is 1. The molecule has 4 heteroatoms. The fraction of sp³-hybridized carbons (Fsp3) is 0.333. The molecule has 2 N–H and O–H groups in total. The zero-order valence-electron chi connectivity index (χ0n) is 5.84. The maximum atomic E-state index is 10.6. The van der Waals surface area contributed by atoms with Crippen LogP contribution >= 0.6 is 0 Å². The molecule has 0 fully saturated rings. The fourth-order valence-corrected chi connectivity index (χ4v) is 0.421. The molecule has 0 amide bonds. The molecule has 0 heterocycles. The first-order valence-corrected chi connectivity index (χ1v) is 2.62. The molecule has 56 valence electrons. The second-order valence-electron chi connectivity index (χ2n) is 1.64. The Morgan fingerprint density at radius 1 is 1.70 bits per heavy atom. The van der Waals surface area contributed by atoms with Crippen molar-refractivity contribution in [3.63, 3.8) is 0 Å². The van der Waals surface area contributed by atoms with E-state index >= 15 is 0 Å². The van der Waals surface area contributed by atoms with Crippen LogP contribution in [0.2, 0.25) is 0 Å². The van der Waals surface area contributed by atoms with Gasteiger partial charge in [0.1, 0.15) is 11.3 Å². The van der Waals surface area contributed by atoms with Gasteiger partial charge < -0.3 is 15.3 Å². The lowest BCUT2D eigenvalue weighted by Gasteiger charge is -1.98. The van der Waals surface area contributed by atoms with Crippen molar-refractivity contribution in [2.75, 3.05) is 7.11 Å². The molecule has 0 unspecified atom stereocenters. The number of rotatable bonds is 2. The van der Waals surface area contributed by atoms with Gasteiger partial charge in [-0.25, -0.2) is 4.79 Å². The lowest BCUT2D eigenvalue weighted by molar-refractivity contribution is -0.135. The van der Waals surface area contributed by atoms with Crippen molar-refractivity contribution in [1.29, 1.82) is 5.41 Å². The highest BCUT2D eigenvalue weighted by Gasteiger charge is 2.08. The Bertz CT molecular complexity index is 179. The maximum absolute atomic E-state index is 10.6. The van der Waals surface area contributed by atoms with Gasteiger partial charge in [0.25, 0.3) is 0 Å². The number of carbonyl (C=O) groups excluding carboxylic acids is 1. The predicted octanol–water partition coefficient (Wildman–Crippen LogP) is 0.641. The normalized spacial score (nSPS) is 11.8. The number of methoxy groups -OCH3 is 1. The molecule has 0 aromatic carbocycles. The van der Waals surface area contributed by atoms with Gasteiger partial charge in [0.2, 0.25) is 0 Å². The van der Waals surface area contributed by atoms with Crippen LogP contribution in [-0.4, -0.2) is 24.4 Å². The Kier molecular flexibility index (Phi) is 3.17. The molecule has 0 spiro atoms. The third kappa shape index (κ3) is 1.89. The van der Waals surface area contributed by atoms with Gasteiger partial charge in [-0.1, -0.05) is 0 Å². The van der Waals surface area contributed by atoms with Crippen molar-refractivity contribution in [2.45, 2.75) is 6.92 Å². The number of nitrogens with one attached hydrogen (secondary N) is 1. The van der Waals surface area contributed by atoms with E-state index < -0.39 is 5.97 Å². The molecular formula is C6H9NO3. The van der Waals surface area contributed by atoms with Crippen molar-refractivity contribution >= 4 is 12.2 Å². The summed E-state index contributed by atoms with van der Waals surface area (Å²) in [5.41, 5.74) is -0.123. The van der Waals surface area contributed by atoms with E-state index in [2.05, 4.69) is 4.74 Å². The first-order valence-electron chi connectivity index (χ1n) is 2.62. The Morgan fingerprint density at radius 2 is 2.20 bits per heavy atom. The van der Waals surface area contributed by atoms with Crippen LogP contribution in [0, 0.1) is 5.41 Å². The van der Waals surface area contributed by atoms with Gasteiger partial charge in [-0.3, -0.25) is 0 Å². The lowest BCUT2D eigenvalue weighted by atomic mass is 10.2. The molecule has 0 aliphatic rings. The van der Waals surface area contributed by atoms with Gasteiger partial charge in [0.15, 0.2) is 0 Å². The quantitative estimate of drug-likeness (QED) is 0.258. The van der Waals surface area contributed by atoms with Gasteiger partial charge in [0.05, 0.1) is 7.11 Å². The highest BCUT2D eigenvalue weighted by molar-refractivity contribution is 6.08. The maximum Gasteiger partial charge on any atom is 0.342 e. The van der Waals surface area contributed by atoms with Crippen LogP contribution in [0.3, 0.4) is 0 Å².